The summed E-state index contributed by atoms with van der Waals surface area (Å²) in [6.45, 7) is 0. The van der Waals surface area contributed by atoms with Crippen molar-refractivity contribution in [3.05, 3.63) is 54.2 Å². The summed E-state index contributed by atoms with van der Waals surface area (Å²) in [5.74, 6) is -0.254. The number of hydrogen-bond donors (Lipinski definition) is 3. The van der Waals surface area contributed by atoms with Gasteiger partial charge in [0.2, 0.25) is 0 Å². The molecule has 0 saturated heterocycles. The minimum atomic E-state index is -3.91. The Morgan fingerprint density at radius 1 is 0.966 bits per heavy atom. The van der Waals surface area contributed by atoms with Crippen molar-refractivity contribution >= 4 is 58.5 Å². The summed E-state index contributed by atoms with van der Waals surface area (Å²) in [5.41, 5.74) is 8.59. The summed E-state index contributed by atoms with van der Waals surface area (Å²) in [4.78, 5) is 27.2. The number of nitrogens with two attached hydrogens (primary N) is 1. The molecule has 0 aliphatic carbocycles. The van der Waals surface area contributed by atoms with Crippen LogP contribution in [0.5, 0.6) is 0 Å². The molecule has 0 unspecified atom stereocenters. The van der Waals surface area contributed by atoms with Crippen LogP contribution in [0.15, 0.2) is 53.4 Å². The van der Waals surface area contributed by atoms with Gasteiger partial charge in [-0.2, -0.15) is 0 Å². The number of nitrogens with one attached hydrogen (secondary N) is 2. The van der Waals surface area contributed by atoms with Crippen molar-refractivity contribution in [3.8, 4) is 11.5 Å². The zero-order valence-corrected chi connectivity index (χ0v) is 16.2. The molecule has 0 saturated carbocycles. The molecule has 5 rings (SSSR count). The van der Waals surface area contributed by atoms with Crippen molar-refractivity contribution in [1.82, 2.24) is 19.9 Å². The first-order valence-electron chi connectivity index (χ1n) is 8.47. The van der Waals surface area contributed by atoms with Gasteiger partial charge < -0.3 is 15.7 Å². The molecule has 0 fully saturated rings. The number of benzene rings is 2. The second kappa shape index (κ2) is 6.03. The van der Waals surface area contributed by atoms with Gasteiger partial charge in [-0.3, -0.25) is 4.79 Å². The van der Waals surface area contributed by atoms with Crippen LogP contribution in [0.3, 0.4) is 0 Å². The number of H-pyrrole nitrogens is 2. The lowest BCUT2D eigenvalue weighted by molar-refractivity contribution is 0.0997. The molecule has 144 valence electrons. The minimum Gasteiger partial charge on any atom is -0.364 e. The van der Waals surface area contributed by atoms with Crippen molar-refractivity contribution in [1.29, 1.82) is 0 Å². The molecule has 4 N–H and O–H groups in total. The number of fused-ring (bicyclic) bond motifs is 4. The number of aromatic amines is 2. The Hall–Kier alpha value is -3.43. The van der Waals surface area contributed by atoms with Crippen molar-refractivity contribution in [2.45, 2.75) is 4.90 Å². The highest BCUT2D eigenvalue weighted by Gasteiger charge is 2.19. The number of nitrogens with zero attached hydrogens (tertiary/aromatic N) is 2. The van der Waals surface area contributed by atoms with Gasteiger partial charge in [-0.1, -0.05) is 12.1 Å². The van der Waals surface area contributed by atoms with Crippen LogP contribution in [0.4, 0.5) is 0 Å². The summed E-state index contributed by atoms with van der Waals surface area (Å²) in [5, 5.41) is 1.16. The highest BCUT2D eigenvalue weighted by Crippen LogP contribution is 2.32. The number of aromatic nitrogens is 4. The molecule has 10 heteroatoms. The number of primary amides is 1. The lowest BCUT2D eigenvalue weighted by Gasteiger charge is -2.02. The van der Waals surface area contributed by atoms with E-state index in [0.29, 0.717) is 33.3 Å². The average molecular weight is 426 g/mol. The standard InChI is InChI=1S/C19H12ClN5O3S/c20-29(27,28)9-5-6-12-10(7-9)11-8-15(23-17(18(21)26)16(11)22-12)19-24-13-3-1-2-4-14(13)25-19/h1-8,22H,(H2,21,26)(H,24,25). The zero-order chi connectivity index (χ0) is 20.3. The van der Waals surface area contributed by atoms with Crippen molar-refractivity contribution in [3.63, 3.8) is 0 Å². The van der Waals surface area contributed by atoms with Crippen LogP contribution >= 0.6 is 10.7 Å². The number of pyridine rings is 1. The first-order chi connectivity index (χ1) is 13.8. The van der Waals surface area contributed by atoms with E-state index in [0.717, 1.165) is 11.0 Å². The molecular weight excluding hydrogens is 414 g/mol. The fourth-order valence-corrected chi connectivity index (χ4v) is 4.18. The fourth-order valence-electron chi connectivity index (χ4n) is 3.40. The number of hydrogen-bond acceptors (Lipinski definition) is 5. The van der Waals surface area contributed by atoms with Gasteiger partial charge in [0.05, 0.1) is 21.4 Å². The van der Waals surface area contributed by atoms with Crippen LogP contribution in [0, 0.1) is 0 Å². The summed E-state index contributed by atoms with van der Waals surface area (Å²) >= 11 is 0. The summed E-state index contributed by atoms with van der Waals surface area (Å²) < 4.78 is 23.5. The number of rotatable bonds is 3. The van der Waals surface area contributed by atoms with E-state index in [2.05, 4.69) is 19.9 Å². The van der Waals surface area contributed by atoms with Crippen molar-refractivity contribution in [2.24, 2.45) is 5.73 Å². The molecule has 2 aromatic carbocycles. The third kappa shape index (κ3) is 2.82. The maximum absolute atomic E-state index is 12.1. The summed E-state index contributed by atoms with van der Waals surface area (Å²) in [6, 6.07) is 13.6. The van der Waals surface area contributed by atoms with E-state index >= 15 is 0 Å². The van der Waals surface area contributed by atoms with Gasteiger partial charge >= 0.3 is 0 Å². The van der Waals surface area contributed by atoms with E-state index in [1.165, 1.54) is 12.1 Å². The maximum atomic E-state index is 12.1. The monoisotopic (exact) mass is 425 g/mol. The molecule has 3 heterocycles. The quantitative estimate of drug-likeness (QED) is 0.381. The fraction of sp³-hybridized carbons (Fsp3) is 0. The van der Waals surface area contributed by atoms with Crippen LogP contribution in [0.2, 0.25) is 0 Å². The van der Waals surface area contributed by atoms with Crippen LogP contribution in [0.1, 0.15) is 10.5 Å². The number of para-hydroxylation sites is 2. The molecule has 5 aromatic rings. The largest absolute Gasteiger partial charge is 0.364 e. The smallest absolute Gasteiger partial charge is 0.269 e. The second-order valence-corrected chi connectivity index (χ2v) is 9.08. The number of halogens is 1. The summed E-state index contributed by atoms with van der Waals surface area (Å²) in [6.07, 6.45) is 0. The Bertz CT molecular complexity index is 1540. The average Bonchev–Trinajstić information content (AvgIpc) is 3.27. The Labute approximate surface area is 168 Å². The van der Waals surface area contributed by atoms with E-state index < -0.39 is 15.0 Å². The number of imidazole rings is 1. The normalized spacial score (nSPS) is 12.2. The van der Waals surface area contributed by atoms with Crippen LogP contribution in [0.25, 0.3) is 44.4 Å². The molecule has 29 heavy (non-hydrogen) atoms. The second-order valence-electron chi connectivity index (χ2n) is 6.52. The molecule has 0 atom stereocenters. The van der Waals surface area contributed by atoms with Gasteiger partial charge in [0.25, 0.3) is 15.0 Å². The van der Waals surface area contributed by atoms with Gasteiger partial charge in [0.15, 0.2) is 11.5 Å². The molecule has 0 bridgehead atoms. The van der Waals surface area contributed by atoms with E-state index in [1.54, 1.807) is 12.1 Å². The number of carbonyl (C=O) groups excluding carboxylic acids is 1. The van der Waals surface area contributed by atoms with Crippen molar-refractivity contribution < 1.29 is 13.2 Å². The minimum absolute atomic E-state index is 0.0319. The molecule has 8 nitrogen and oxygen atoms in total. The number of amides is 1. The predicted octanol–water partition coefficient (Wildman–Crippen LogP) is 3.29. The topological polar surface area (TPSA) is 135 Å². The van der Waals surface area contributed by atoms with Gasteiger partial charge in [-0.05, 0) is 36.4 Å². The lowest BCUT2D eigenvalue weighted by atomic mass is 10.1. The highest BCUT2D eigenvalue weighted by molar-refractivity contribution is 8.13. The van der Waals surface area contributed by atoms with Crippen LogP contribution in [-0.4, -0.2) is 34.3 Å². The van der Waals surface area contributed by atoms with Gasteiger partial charge in [0, 0.05) is 27.0 Å². The Kier molecular flexibility index (Phi) is 3.67. The van der Waals surface area contributed by atoms with E-state index in [9.17, 15) is 13.2 Å². The Morgan fingerprint density at radius 2 is 1.76 bits per heavy atom. The Morgan fingerprint density at radius 3 is 2.48 bits per heavy atom. The lowest BCUT2D eigenvalue weighted by Crippen LogP contribution is -2.14. The molecule has 0 spiro atoms. The highest BCUT2D eigenvalue weighted by atomic mass is 35.7. The van der Waals surface area contributed by atoms with Gasteiger partial charge in [0.1, 0.15) is 5.69 Å². The summed E-state index contributed by atoms with van der Waals surface area (Å²) in [7, 11) is 1.58. The first kappa shape index (κ1) is 17.7. The van der Waals surface area contributed by atoms with Gasteiger partial charge in [-0.25, -0.2) is 18.4 Å². The molecule has 0 aliphatic rings. The van der Waals surface area contributed by atoms with Crippen LogP contribution in [-0.2, 0) is 9.05 Å². The number of carbonyl (C=O) groups is 1. The molecular formula is C19H12ClN5O3S. The van der Waals surface area contributed by atoms with E-state index in [-0.39, 0.29) is 10.6 Å². The molecule has 0 radical (unpaired) electrons. The zero-order valence-electron chi connectivity index (χ0n) is 14.6. The maximum Gasteiger partial charge on any atom is 0.269 e. The predicted molar refractivity (Wildman–Crippen MR) is 110 cm³/mol. The third-order valence-corrected chi connectivity index (χ3v) is 6.06. The van der Waals surface area contributed by atoms with Crippen molar-refractivity contribution in [2.75, 3.05) is 0 Å². The van der Waals surface area contributed by atoms with Gasteiger partial charge in [-0.15, -0.1) is 0 Å². The third-order valence-electron chi connectivity index (χ3n) is 4.71. The molecule has 0 aliphatic heterocycles. The molecule has 1 amide bonds. The van der Waals surface area contributed by atoms with E-state index in [4.69, 9.17) is 16.4 Å². The first-order valence-corrected chi connectivity index (χ1v) is 10.8. The SMILES string of the molecule is NC(=O)c1nc(-c2nc3ccccc3[nH]2)cc2c1[nH]c1ccc(S(=O)(=O)Cl)cc12. The Balaban J connectivity index is 1.85. The van der Waals surface area contributed by atoms with Crippen LogP contribution < -0.4 is 5.73 Å². The van der Waals surface area contributed by atoms with E-state index in [1.807, 2.05) is 24.3 Å². The molecule has 3 aromatic heterocycles.